The maximum atomic E-state index is 13.6. The lowest BCUT2D eigenvalue weighted by Crippen LogP contribution is -2.51. The summed E-state index contributed by atoms with van der Waals surface area (Å²) in [5.41, 5.74) is 0.387. The van der Waals surface area contributed by atoms with Gasteiger partial charge in [0.05, 0.1) is 12.2 Å². The van der Waals surface area contributed by atoms with Crippen molar-refractivity contribution < 1.29 is 9.18 Å². The van der Waals surface area contributed by atoms with Crippen molar-refractivity contribution in [1.29, 1.82) is 0 Å². The molecule has 0 aromatic heterocycles. The zero-order valence-corrected chi connectivity index (χ0v) is 13.7. The molecule has 1 amide bonds. The van der Waals surface area contributed by atoms with Crippen molar-refractivity contribution in [3.63, 3.8) is 0 Å². The van der Waals surface area contributed by atoms with Crippen molar-refractivity contribution in [2.24, 2.45) is 0 Å². The van der Waals surface area contributed by atoms with Crippen LogP contribution in [0.2, 0.25) is 0 Å². The van der Waals surface area contributed by atoms with Gasteiger partial charge in [0.1, 0.15) is 5.82 Å². The zero-order chi connectivity index (χ0) is 16.1. The molecule has 0 aliphatic carbocycles. The van der Waals surface area contributed by atoms with Crippen LogP contribution >= 0.6 is 12.2 Å². The Morgan fingerprint density at radius 2 is 1.91 bits per heavy atom. The maximum Gasteiger partial charge on any atom is 0.236 e. The summed E-state index contributed by atoms with van der Waals surface area (Å²) >= 11 is 5.34. The van der Waals surface area contributed by atoms with Crippen LogP contribution in [-0.2, 0) is 4.79 Å². The molecule has 7 heteroatoms. The minimum Gasteiger partial charge on any atom is -0.348 e. The molecule has 0 radical (unpaired) electrons. The fourth-order valence-corrected chi connectivity index (χ4v) is 2.49. The minimum atomic E-state index is -0.319. The Morgan fingerprint density at radius 1 is 1.27 bits per heavy atom. The predicted molar refractivity (Wildman–Crippen MR) is 89.3 cm³/mol. The molecule has 5 nitrogen and oxygen atoms in total. The first-order valence-electron chi connectivity index (χ1n) is 7.20. The third-order valence-corrected chi connectivity index (χ3v) is 3.99. The molecule has 0 spiro atoms. The molecule has 0 bridgehead atoms. The molecule has 120 valence electrons. The normalized spacial score (nSPS) is 15.5. The highest BCUT2D eigenvalue weighted by Crippen LogP contribution is 2.14. The average molecular weight is 324 g/mol. The molecule has 1 aliphatic heterocycles. The number of rotatable bonds is 3. The van der Waals surface area contributed by atoms with E-state index in [2.05, 4.69) is 10.2 Å². The number of amides is 1. The number of carbonyl (C=O) groups excluding carboxylic acids is 1. The van der Waals surface area contributed by atoms with Crippen molar-refractivity contribution in [2.45, 2.75) is 0 Å². The van der Waals surface area contributed by atoms with Crippen LogP contribution in [0.15, 0.2) is 24.3 Å². The summed E-state index contributed by atoms with van der Waals surface area (Å²) in [6.07, 6.45) is 0. The van der Waals surface area contributed by atoms with Gasteiger partial charge in [-0.1, -0.05) is 12.1 Å². The second-order valence-corrected chi connectivity index (χ2v) is 5.85. The van der Waals surface area contributed by atoms with Crippen LogP contribution in [0.4, 0.5) is 10.1 Å². The molecule has 1 aromatic carbocycles. The van der Waals surface area contributed by atoms with Crippen molar-refractivity contribution >= 4 is 28.9 Å². The average Bonchev–Trinajstić information content (AvgIpc) is 2.50. The summed E-state index contributed by atoms with van der Waals surface area (Å²) in [6.45, 7) is 3.40. The van der Waals surface area contributed by atoms with Crippen LogP contribution in [0, 0.1) is 5.82 Å². The van der Waals surface area contributed by atoms with E-state index in [4.69, 9.17) is 12.2 Å². The summed E-state index contributed by atoms with van der Waals surface area (Å²) in [5, 5.41) is 3.46. The lowest BCUT2D eigenvalue weighted by molar-refractivity contribution is -0.130. The molecule has 1 aliphatic rings. The highest BCUT2D eigenvalue weighted by atomic mass is 32.1. The van der Waals surface area contributed by atoms with Crippen LogP contribution in [0.5, 0.6) is 0 Å². The molecule has 0 saturated carbocycles. The van der Waals surface area contributed by atoms with E-state index >= 15 is 0 Å². The van der Waals surface area contributed by atoms with Crippen molar-refractivity contribution in [1.82, 2.24) is 14.7 Å². The van der Waals surface area contributed by atoms with Crippen molar-refractivity contribution in [2.75, 3.05) is 52.1 Å². The van der Waals surface area contributed by atoms with Gasteiger partial charge >= 0.3 is 0 Å². The lowest BCUT2D eigenvalue weighted by Gasteiger charge is -2.36. The third-order valence-electron chi connectivity index (χ3n) is 3.63. The number of anilines is 1. The Morgan fingerprint density at radius 3 is 2.50 bits per heavy atom. The lowest BCUT2D eigenvalue weighted by atomic mass is 10.3. The molecule has 1 aromatic rings. The van der Waals surface area contributed by atoms with Gasteiger partial charge < -0.3 is 15.1 Å². The van der Waals surface area contributed by atoms with E-state index in [0.717, 1.165) is 26.2 Å². The van der Waals surface area contributed by atoms with E-state index in [1.807, 2.05) is 4.90 Å². The van der Waals surface area contributed by atoms with Crippen LogP contribution < -0.4 is 5.32 Å². The Hall–Kier alpha value is -1.73. The number of carbonyl (C=O) groups is 1. The summed E-state index contributed by atoms with van der Waals surface area (Å²) < 4.78 is 13.6. The van der Waals surface area contributed by atoms with E-state index in [1.165, 1.54) is 6.07 Å². The van der Waals surface area contributed by atoms with Crippen LogP contribution in [0.3, 0.4) is 0 Å². The SMILES string of the molecule is CN(C)C(=O)CN1CCN(C(=S)Nc2ccccc2F)CC1. The van der Waals surface area contributed by atoms with Gasteiger partial charge in [0.25, 0.3) is 0 Å². The number of nitrogens with zero attached hydrogens (tertiary/aromatic N) is 3. The Bertz CT molecular complexity index is 544. The molecule has 0 atom stereocenters. The Kier molecular flexibility index (Phi) is 5.68. The summed E-state index contributed by atoms with van der Waals surface area (Å²) in [7, 11) is 3.51. The predicted octanol–water partition coefficient (Wildman–Crippen LogP) is 1.23. The van der Waals surface area contributed by atoms with Gasteiger partial charge in [-0.2, -0.15) is 0 Å². The van der Waals surface area contributed by atoms with E-state index in [-0.39, 0.29) is 11.7 Å². The van der Waals surface area contributed by atoms with Gasteiger partial charge in [0.15, 0.2) is 5.11 Å². The highest BCUT2D eigenvalue weighted by molar-refractivity contribution is 7.80. The number of benzene rings is 1. The number of piperazine rings is 1. The van der Waals surface area contributed by atoms with E-state index < -0.39 is 0 Å². The number of para-hydroxylation sites is 1. The molecule has 2 rings (SSSR count). The number of halogens is 1. The fraction of sp³-hybridized carbons (Fsp3) is 0.467. The van der Waals surface area contributed by atoms with E-state index in [1.54, 1.807) is 37.2 Å². The maximum absolute atomic E-state index is 13.6. The topological polar surface area (TPSA) is 38.8 Å². The second kappa shape index (κ2) is 7.51. The van der Waals surface area contributed by atoms with E-state index in [0.29, 0.717) is 17.3 Å². The molecular formula is C15H21FN4OS. The largest absolute Gasteiger partial charge is 0.348 e. The number of likely N-dealkylation sites (N-methyl/N-ethyl adjacent to an activating group) is 1. The monoisotopic (exact) mass is 324 g/mol. The minimum absolute atomic E-state index is 0.0977. The van der Waals surface area contributed by atoms with Gasteiger partial charge in [-0.05, 0) is 24.4 Å². The Balaban J connectivity index is 1.83. The number of hydrogen-bond acceptors (Lipinski definition) is 3. The standard InChI is InChI=1S/C15H21FN4OS/c1-18(2)14(21)11-19-7-9-20(10-8-19)15(22)17-13-6-4-3-5-12(13)16/h3-6H,7-11H2,1-2H3,(H,17,22). The van der Waals surface area contributed by atoms with Crippen LogP contribution in [-0.4, -0.2) is 72.5 Å². The zero-order valence-electron chi connectivity index (χ0n) is 12.9. The molecule has 1 N–H and O–H groups in total. The summed E-state index contributed by atoms with van der Waals surface area (Å²) in [4.78, 5) is 17.4. The summed E-state index contributed by atoms with van der Waals surface area (Å²) in [6, 6.07) is 6.46. The van der Waals surface area contributed by atoms with Crippen LogP contribution in [0.1, 0.15) is 0 Å². The number of thiocarbonyl (C=S) groups is 1. The number of hydrogen-bond donors (Lipinski definition) is 1. The van der Waals surface area contributed by atoms with E-state index in [9.17, 15) is 9.18 Å². The summed E-state index contributed by atoms with van der Waals surface area (Å²) in [5.74, 6) is -0.222. The molecular weight excluding hydrogens is 303 g/mol. The first kappa shape index (κ1) is 16.6. The van der Waals surface area contributed by atoms with Crippen LogP contribution in [0.25, 0.3) is 0 Å². The first-order valence-corrected chi connectivity index (χ1v) is 7.61. The Labute approximate surface area is 135 Å². The quantitative estimate of drug-likeness (QED) is 0.847. The molecule has 22 heavy (non-hydrogen) atoms. The van der Waals surface area contributed by atoms with Crippen molar-refractivity contribution in [3.8, 4) is 0 Å². The molecule has 1 saturated heterocycles. The van der Waals surface area contributed by atoms with Gasteiger partial charge in [0, 0.05) is 40.3 Å². The van der Waals surface area contributed by atoms with Gasteiger partial charge in [-0.3, -0.25) is 9.69 Å². The van der Waals surface area contributed by atoms with Gasteiger partial charge in [0.2, 0.25) is 5.91 Å². The molecule has 1 heterocycles. The second-order valence-electron chi connectivity index (χ2n) is 5.46. The van der Waals surface area contributed by atoms with Crippen molar-refractivity contribution in [3.05, 3.63) is 30.1 Å². The third kappa shape index (κ3) is 4.38. The van der Waals surface area contributed by atoms with Gasteiger partial charge in [-0.15, -0.1) is 0 Å². The highest BCUT2D eigenvalue weighted by Gasteiger charge is 2.21. The molecule has 1 fully saturated rings. The smallest absolute Gasteiger partial charge is 0.236 e. The van der Waals surface area contributed by atoms with Gasteiger partial charge in [-0.25, -0.2) is 4.39 Å². The first-order chi connectivity index (χ1) is 10.5. The molecule has 0 unspecified atom stereocenters. The number of nitrogens with one attached hydrogen (secondary N) is 1. The fourth-order valence-electron chi connectivity index (χ4n) is 2.20.